The van der Waals surface area contributed by atoms with Crippen LogP contribution in [-0.2, 0) is 11.2 Å². The Kier molecular flexibility index (Phi) is 5.38. The van der Waals surface area contributed by atoms with Crippen LogP contribution in [0.4, 0.5) is 0 Å². The number of nitrogens with one attached hydrogen (secondary N) is 1. The monoisotopic (exact) mass is 244 g/mol. The lowest BCUT2D eigenvalue weighted by atomic mass is 10.1. The number of carbonyl (C=O) groups excluding carboxylic acids is 1. The van der Waals surface area contributed by atoms with Crippen molar-refractivity contribution in [3.63, 3.8) is 0 Å². The average molecular weight is 244 g/mol. The molecule has 0 aromatic heterocycles. The molecule has 0 fully saturated rings. The fourth-order valence-corrected chi connectivity index (χ4v) is 1.50. The van der Waals surface area contributed by atoms with Gasteiger partial charge < -0.3 is 5.32 Å². The quantitative estimate of drug-likeness (QED) is 0.865. The number of hydrogen-bond acceptors (Lipinski definition) is 2. The van der Waals surface area contributed by atoms with E-state index >= 15 is 0 Å². The molecular weight excluding hydrogens is 224 g/mol. The first-order valence-corrected chi connectivity index (χ1v) is 6.31. The van der Waals surface area contributed by atoms with Gasteiger partial charge in [-0.15, -0.1) is 0 Å². The summed E-state index contributed by atoms with van der Waals surface area (Å²) in [7, 11) is 0. The Balaban J connectivity index is 2.40. The second-order valence-corrected chi connectivity index (χ2v) is 4.91. The molecule has 0 aliphatic heterocycles. The molecule has 0 spiro atoms. The molecular formula is C15H20N2O. The minimum atomic E-state index is 0.0839. The second kappa shape index (κ2) is 6.80. The highest BCUT2D eigenvalue weighted by atomic mass is 16.1. The molecule has 0 aliphatic rings. The average Bonchev–Trinajstić information content (AvgIpc) is 2.36. The maximum atomic E-state index is 11.7. The molecule has 1 rings (SSSR count). The van der Waals surface area contributed by atoms with E-state index in [-0.39, 0.29) is 11.9 Å². The van der Waals surface area contributed by atoms with E-state index < -0.39 is 0 Å². The summed E-state index contributed by atoms with van der Waals surface area (Å²) in [6, 6.07) is 9.65. The van der Waals surface area contributed by atoms with E-state index in [1.54, 1.807) is 12.1 Å². The summed E-state index contributed by atoms with van der Waals surface area (Å²) in [6.45, 7) is 6.20. The van der Waals surface area contributed by atoms with Crippen LogP contribution in [0, 0.1) is 17.2 Å². The predicted molar refractivity (Wildman–Crippen MR) is 71.9 cm³/mol. The molecule has 1 amide bonds. The van der Waals surface area contributed by atoms with E-state index in [1.807, 2.05) is 19.1 Å². The summed E-state index contributed by atoms with van der Waals surface area (Å²) >= 11 is 0. The molecule has 18 heavy (non-hydrogen) atoms. The molecule has 0 saturated heterocycles. The zero-order chi connectivity index (χ0) is 13.5. The van der Waals surface area contributed by atoms with Crippen molar-refractivity contribution in [2.24, 2.45) is 5.92 Å². The van der Waals surface area contributed by atoms with Crippen molar-refractivity contribution < 1.29 is 4.79 Å². The minimum Gasteiger partial charge on any atom is -0.353 e. The second-order valence-electron chi connectivity index (χ2n) is 4.91. The Labute approximate surface area is 109 Å². The van der Waals surface area contributed by atoms with Crippen LogP contribution in [0.1, 0.15) is 38.3 Å². The molecule has 3 heteroatoms. The standard InChI is InChI=1S/C15H20N2O/c1-11(2)12(3)17-15(18)9-8-13-4-6-14(10-16)7-5-13/h4-7,11-12H,8-9H2,1-3H3,(H,17,18). The van der Waals surface area contributed by atoms with Gasteiger partial charge in [-0.2, -0.15) is 5.26 Å². The fraction of sp³-hybridized carbons (Fsp3) is 0.467. The Bertz CT molecular complexity index is 429. The van der Waals surface area contributed by atoms with Crippen molar-refractivity contribution in [3.8, 4) is 6.07 Å². The van der Waals surface area contributed by atoms with E-state index in [4.69, 9.17) is 5.26 Å². The number of benzene rings is 1. The first kappa shape index (κ1) is 14.2. The Morgan fingerprint density at radius 1 is 1.28 bits per heavy atom. The molecule has 1 unspecified atom stereocenters. The molecule has 0 saturated carbocycles. The van der Waals surface area contributed by atoms with Crippen molar-refractivity contribution in [2.75, 3.05) is 0 Å². The highest BCUT2D eigenvalue weighted by Gasteiger charge is 2.10. The number of nitrogens with zero attached hydrogens (tertiary/aromatic N) is 1. The van der Waals surface area contributed by atoms with Crippen LogP contribution in [-0.4, -0.2) is 11.9 Å². The van der Waals surface area contributed by atoms with E-state index in [2.05, 4.69) is 25.2 Å². The number of carbonyl (C=O) groups is 1. The number of rotatable bonds is 5. The molecule has 1 aromatic rings. The normalized spacial score (nSPS) is 11.9. The summed E-state index contributed by atoms with van der Waals surface area (Å²) in [5, 5.41) is 11.7. The molecule has 0 aliphatic carbocycles. The largest absolute Gasteiger partial charge is 0.353 e. The summed E-state index contributed by atoms with van der Waals surface area (Å²) in [4.78, 5) is 11.7. The van der Waals surface area contributed by atoms with Gasteiger partial charge in [-0.3, -0.25) is 4.79 Å². The van der Waals surface area contributed by atoms with E-state index in [0.29, 0.717) is 24.3 Å². The van der Waals surface area contributed by atoms with E-state index in [0.717, 1.165) is 5.56 Å². The first-order chi connectivity index (χ1) is 8.52. The lowest BCUT2D eigenvalue weighted by Crippen LogP contribution is -2.36. The Hall–Kier alpha value is -1.82. The van der Waals surface area contributed by atoms with Crippen LogP contribution >= 0.6 is 0 Å². The zero-order valence-electron chi connectivity index (χ0n) is 11.2. The van der Waals surface area contributed by atoms with Crippen molar-refractivity contribution >= 4 is 5.91 Å². The van der Waals surface area contributed by atoms with Crippen molar-refractivity contribution in [1.29, 1.82) is 5.26 Å². The maximum Gasteiger partial charge on any atom is 0.220 e. The first-order valence-electron chi connectivity index (χ1n) is 6.31. The lowest BCUT2D eigenvalue weighted by Gasteiger charge is -2.17. The van der Waals surface area contributed by atoms with Gasteiger partial charge >= 0.3 is 0 Å². The van der Waals surface area contributed by atoms with Crippen molar-refractivity contribution in [3.05, 3.63) is 35.4 Å². The maximum absolute atomic E-state index is 11.7. The van der Waals surface area contributed by atoms with Crippen LogP contribution in [0.3, 0.4) is 0 Å². The predicted octanol–water partition coefficient (Wildman–Crippen LogP) is 2.65. The minimum absolute atomic E-state index is 0.0839. The van der Waals surface area contributed by atoms with Crippen molar-refractivity contribution in [1.82, 2.24) is 5.32 Å². The van der Waals surface area contributed by atoms with Crippen LogP contribution in [0.25, 0.3) is 0 Å². The number of amides is 1. The van der Waals surface area contributed by atoms with Crippen LogP contribution < -0.4 is 5.32 Å². The Morgan fingerprint density at radius 2 is 1.89 bits per heavy atom. The van der Waals surface area contributed by atoms with Crippen LogP contribution in [0.5, 0.6) is 0 Å². The van der Waals surface area contributed by atoms with Gasteiger partial charge in [0.2, 0.25) is 5.91 Å². The zero-order valence-corrected chi connectivity index (χ0v) is 11.2. The highest BCUT2D eigenvalue weighted by Crippen LogP contribution is 2.06. The Morgan fingerprint density at radius 3 is 2.39 bits per heavy atom. The molecule has 3 nitrogen and oxygen atoms in total. The molecule has 1 N–H and O–H groups in total. The van der Waals surface area contributed by atoms with E-state index in [1.165, 1.54) is 0 Å². The third kappa shape index (κ3) is 4.58. The molecule has 96 valence electrons. The van der Waals surface area contributed by atoms with E-state index in [9.17, 15) is 4.79 Å². The molecule has 0 radical (unpaired) electrons. The van der Waals surface area contributed by atoms with Gasteiger partial charge in [0.25, 0.3) is 0 Å². The van der Waals surface area contributed by atoms with Gasteiger partial charge in [0.1, 0.15) is 0 Å². The van der Waals surface area contributed by atoms with Gasteiger partial charge in [0.15, 0.2) is 0 Å². The van der Waals surface area contributed by atoms with Crippen molar-refractivity contribution in [2.45, 2.75) is 39.7 Å². The molecule has 1 atom stereocenters. The SMILES string of the molecule is CC(C)C(C)NC(=O)CCc1ccc(C#N)cc1. The van der Waals surface area contributed by atoms with Gasteiger partial charge in [-0.05, 0) is 37.0 Å². The summed E-state index contributed by atoms with van der Waals surface area (Å²) < 4.78 is 0. The topological polar surface area (TPSA) is 52.9 Å². The summed E-state index contributed by atoms with van der Waals surface area (Å²) in [6.07, 6.45) is 1.20. The van der Waals surface area contributed by atoms with Gasteiger partial charge in [0, 0.05) is 12.5 Å². The number of hydrogen-bond donors (Lipinski definition) is 1. The van der Waals surface area contributed by atoms with Gasteiger partial charge in [-0.25, -0.2) is 0 Å². The van der Waals surface area contributed by atoms with Gasteiger partial charge in [-0.1, -0.05) is 26.0 Å². The third-order valence-electron chi connectivity index (χ3n) is 3.11. The number of nitriles is 1. The lowest BCUT2D eigenvalue weighted by molar-refractivity contribution is -0.121. The molecule has 0 heterocycles. The van der Waals surface area contributed by atoms with Gasteiger partial charge in [0.05, 0.1) is 11.6 Å². The summed E-state index contributed by atoms with van der Waals surface area (Å²) in [5.41, 5.74) is 1.73. The highest BCUT2D eigenvalue weighted by molar-refractivity contribution is 5.76. The van der Waals surface area contributed by atoms with Crippen LogP contribution in [0.2, 0.25) is 0 Å². The molecule has 1 aromatic carbocycles. The number of aryl methyl sites for hydroxylation is 1. The molecule has 0 bridgehead atoms. The smallest absolute Gasteiger partial charge is 0.220 e. The summed E-state index contributed by atoms with van der Waals surface area (Å²) in [5.74, 6) is 0.532. The third-order valence-corrected chi connectivity index (χ3v) is 3.11. The van der Waals surface area contributed by atoms with Crippen LogP contribution in [0.15, 0.2) is 24.3 Å². The fourth-order valence-electron chi connectivity index (χ4n) is 1.50.